The maximum atomic E-state index is 8.93. The van der Waals surface area contributed by atoms with Gasteiger partial charge >= 0.3 is 0 Å². The van der Waals surface area contributed by atoms with Crippen molar-refractivity contribution in [3.63, 3.8) is 0 Å². The van der Waals surface area contributed by atoms with Gasteiger partial charge in [-0.1, -0.05) is 6.42 Å². The molecule has 1 aliphatic heterocycles. The summed E-state index contributed by atoms with van der Waals surface area (Å²) >= 11 is 0. The van der Waals surface area contributed by atoms with Crippen LogP contribution in [0.4, 0.5) is 0 Å². The fourth-order valence-electron chi connectivity index (χ4n) is 3.43. The van der Waals surface area contributed by atoms with E-state index < -0.39 is 0 Å². The van der Waals surface area contributed by atoms with E-state index in [0.717, 1.165) is 31.7 Å². The third kappa shape index (κ3) is 3.43. The quantitative estimate of drug-likeness (QED) is 0.767. The van der Waals surface area contributed by atoms with Gasteiger partial charge in [0.1, 0.15) is 0 Å². The Bertz CT molecular complexity index is 230. The molecule has 3 atom stereocenters. The molecule has 1 saturated carbocycles. The number of nitrogens with two attached hydrogens (primary N) is 1. The first-order valence-corrected chi connectivity index (χ1v) is 7.31. The monoisotopic (exact) mass is 240 g/mol. The van der Waals surface area contributed by atoms with Crippen molar-refractivity contribution in [2.45, 2.75) is 57.5 Å². The Morgan fingerprint density at radius 3 is 2.71 bits per heavy atom. The fraction of sp³-hybridized carbons (Fsp3) is 1.00. The lowest BCUT2D eigenvalue weighted by Crippen LogP contribution is -2.53. The summed E-state index contributed by atoms with van der Waals surface area (Å²) in [5, 5.41) is 8.93. The standard InChI is InChI=1S/C14H28N2O/c1-11(13-5-2-6-13)16-9-12(4-3-7-17)8-14(15)10-16/h11-14,17H,2-10,15H2,1H3. The van der Waals surface area contributed by atoms with E-state index in [9.17, 15) is 0 Å². The minimum Gasteiger partial charge on any atom is -0.396 e. The van der Waals surface area contributed by atoms with Crippen LogP contribution in [0, 0.1) is 11.8 Å². The third-order valence-corrected chi connectivity index (χ3v) is 4.78. The minimum atomic E-state index is 0.323. The summed E-state index contributed by atoms with van der Waals surface area (Å²) in [5.74, 6) is 1.62. The molecule has 0 amide bonds. The fourth-order valence-corrected chi connectivity index (χ4v) is 3.43. The van der Waals surface area contributed by atoms with Gasteiger partial charge < -0.3 is 10.8 Å². The molecular weight excluding hydrogens is 212 g/mol. The van der Waals surface area contributed by atoms with Crippen LogP contribution in [0.2, 0.25) is 0 Å². The molecule has 1 saturated heterocycles. The van der Waals surface area contributed by atoms with Crippen LogP contribution in [-0.2, 0) is 0 Å². The van der Waals surface area contributed by atoms with Crippen molar-refractivity contribution in [3.8, 4) is 0 Å². The molecule has 0 radical (unpaired) electrons. The summed E-state index contributed by atoms with van der Waals surface area (Å²) in [4.78, 5) is 2.61. The van der Waals surface area contributed by atoms with Crippen molar-refractivity contribution in [3.05, 3.63) is 0 Å². The van der Waals surface area contributed by atoms with Gasteiger partial charge in [-0.2, -0.15) is 0 Å². The van der Waals surface area contributed by atoms with Crippen LogP contribution in [0.1, 0.15) is 45.4 Å². The molecule has 2 rings (SSSR count). The number of aliphatic hydroxyl groups excluding tert-OH is 1. The maximum Gasteiger partial charge on any atom is 0.0431 e. The average molecular weight is 240 g/mol. The molecule has 3 N–H and O–H groups in total. The molecule has 0 aromatic rings. The number of hydrogen-bond acceptors (Lipinski definition) is 3. The molecule has 1 heterocycles. The highest BCUT2D eigenvalue weighted by Crippen LogP contribution is 2.34. The smallest absolute Gasteiger partial charge is 0.0431 e. The number of nitrogens with zero attached hydrogens (tertiary/aromatic N) is 1. The van der Waals surface area contributed by atoms with Crippen LogP contribution in [0.25, 0.3) is 0 Å². The largest absolute Gasteiger partial charge is 0.396 e. The van der Waals surface area contributed by atoms with E-state index in [4.69, 9.17) is 10.8 Å². The van der Waals surface area contributed by atoms with Crippen LogP contribution in [0.5, 0.6) is 0 Å². The zero-order chi connectivity index (χ0) is 12.3. The second kappa shape index (κ2) is 6.17. The SMILES string of the molecule is CC(C1CCC1)N1CC(N)CC(CCCO)C1. The van der Waals surface area contributed by atoms with E-state index >= 15 is 0 Å². The van der Waals surface area contributed by atoms with Crippen LogP contribution in [-0.4, -0.2) is 41.8 Å². The van der Waals surface area contributed by atoms with Gasteiger partial charge in [0.2, 0.25) is 0 Å². The van der Waals surface area contributed by atoms with Gasteiger partial charge in [0.15, 0.2) is 0 Å². The Morgan fingerprint density at radius 2 is 2.12 bits per heavy atom. The first-order chi connectivity index (χ1) is 8.20. The predicted octanol–water partition coefficient (Wildman–Crippen LogP) is 1.60. The van der Waals surface area contributed by atoms with Crippen LogP contribution < -0.4 is 5.73 Å². The second-order valence-electron chi connectivity index (χ2n) is 6.11. The molecule has 17 heavy (non-hydrogen) atoms. The van der Waals surface area contributed by atoms with Gasteiger partial charge in [0.05, 0.1) is 0 Å². The maximum absolute atomic E-state index is 8.93. The lowest BCUT2D eigenvalue weighted by Gasteiger charge is -2.45. The molecule has 100 valence electrons. The first kappa shape index (κ1) is 13.3. The molecule has 3 nitrogen and oxygen atoms in total. The predicted molar refractivity (Wildman–Crippen MR) is 70.8 cm³/mol. The van der Waals surface area contributed by atoms with Crippen molar-refractivity contribution in [1.29, 1.82) is 0 Å². The summed E-state index contributed by atoms with van der Waals surface area (Å²) in [6.45, 7) is 4.98. The van der Waals surface area contributed by atoms with Gasteiger partial charge in [0, 0.05) is 31.8 Å². The summed E-state index contributed by atoms with van der Waals surface area (Å²) in [7, 11) is 0. The molecule has 0 aromatic carbocycles. The van der Waals surface area contributed by atoms with E-state index in [1.165, 1.54) is 25.8 Å². The zero-order valence-electron chi connectivity index (χ0n) is 11.1. The Morgan fingerprint density at radius 1 is 1.35 bits per heavy atom. The number of likely N-dealkylation sites (tertiary alicyclic amines) is 1. The molecular formula is C14H28N2O. The van der Waals surface area contributed by atoms with E-state index in [-0.39, 0.29) is 0 Å². The number of aliphatic hydroxyl groups is 1. The van der Waals surface area contributed by atoms with E-state index in [1.807, 2.05) is 0 Å². The lowest BCUT2D eigenvalue weighted by molar-refractivity contribution is 0.0548. The highest BCUT2D eigenvalue weighted by atomic mass is 16.2. The van der Waals surface area contributed by atoms with Crippen molar-refractivity contribution in [2.24, 2.45) is 17.6 Å². The molecule has 3 heteroatoms. The normalized spacial score (nSPS) is 33.4. The minimum absolute atomic E-state index is 0.323. The second-order valence-corrected chi connectivity index (χ2v) is 6.11. The highest BCUT2D eigenvalue weighted by Gasteiger charge is 2.33. The molecule has 3 unspecified atom stereocenters. The molecule has 1 aliphatic carbocycles. The zero-order valence-corrected chi connectivity index (χ0v) is 11.1. The van der Waals surface area contributed by atoms with Gasteiger partial charge in [-0.25, -0.2) is 0 Å². The molecule has 2 fully saturated rings. The third-order valence-electron chi connectivity index (χ3n) is 4.78. The average Bonchev–Trinajstić information content (AvgIpc) is 2.23. The van der Waals surface area contributed by atoms with Crippen LogP contribution >= 0.6 is 0 Å². The van der Waals surface area contributed by atoms with Gasteiger partial charge in [-0.05, 0) is 50.9 Å². The molecule has 0 spiro atoms. The van der Waals surface area contributed by atoms with E-state index in [1.54, 1.807) is 0 Å². The number of rotatable bonds is 5. The van der Waals surface area contributed by atoms with Crippen molar-refractivity contribution >= 4 is 0 Å². The molecule has 0 bridgehead atoms. The van der Waals surface area contributed by atoms with Crippen molar-refractivity contribution in [1.82, 2.24) is 4.90 Å². The summed E-state index contributed by atoms with van der Waals surface area (Å²) < 4.78 is 0. The van der Waals surface area contributed by atoms with Gasteiger partial charge in [-0.15, -0.1) is 0 Å². The van der Waals surface area contributed by atoms with E-state index in [2.05, 4.69) is 11.8 Å². The summed E-state index contributed by atoms with van der Waals surface area (Å²) in [6.07, 6.45) is 7.46. The van der Waals surface area contributed by atoms with Gasteiger partial charge in [-0.3, -0.25) is 4.90 Å². The molecule has 0 aromatic heterocycles. The topological polar surface area (TPSA) is 49.5 Å². The Hall–Kier alpha value is -0.120. The van der Waals surface area contributed by atoms with Crippen molar-refractivity contribution in [2.75, 3.05) is 19.7 Å². The highest BCUT2D eigenvalue weighted by molar-refractivity contribution is 4.88. The summed E-state index contributed by atoms with van der Waals surface area (Å²) in [5.41, 5.74) is 6.18. The lowest BCUT2D eigenvalue weighted by atomic mass is 9.78. The summed E-state index contributed by atoms with van der Waals surface area (Å²) in [6, 6.07) is 1.06. The first-order valence-electron chi connectivity index (χ1n) is 7.31. The van der Waals surface area contributed by atoms with Crippen LogP contribution in [0.3, 0.4) is 0 Å². The van der Waals surface area contributed by atoms with Gasteiger partial charge in [0.25, 0.3) is 0 Å². The Labute approximate surface area is 105 Å². The van der Waals surface area contributed by atoms with E-state index in [0.29, 0.717) is 24.6 Å². The number of piperidine rings is 1. The van der Waals surface area contributed by atoms with Crippen LogP contribution in [0.15, 0.2) is 0 Å². The molecule has 2 aliphatic rings. The Balaban J connectivity index is 1.83. The number of hydrogen-bond donors (Lipinski definition) is 2. The van der Waals surface area contributed by atoms with Crippen molar-refractivity contribution < 1.29 is 5.11 Å². The Kier molecular flexibility index (Phi) is 4.83.